The molecule has 0 radical (unpaired) electrons. The number of aryl methyl sites for hydroxylation is 1. The first-order valence-corrected chi connectivity index (χ1v) is 6.10. The van der Waals surface area contributed by atoms with Crippen molar-refractivity contribution in [3.8, 4) is 11.5 Å². The molecule has 1 aromatic heterocycles. The summed E-state index contributed by atoms with van der Waals surface area (Å²) >= 11 is 0. The number of nitrogens with zero attached hydrogens (tertiary/aromatic N) is 1. The number of aromatic nitrogens is 1. The van der Waals surface area contributed by atoms with Crippen LogP contribution >= 0.6 is 0 Å². The number of alkyl halides is 3. The van der Waals surface area contributed by atoms with Gasteiger partial charge in [0.25, 0.3) is 0 Å². The second kappa shape index (κ2) is 5.66. The molecule has 0 atom stereocenters. The predicted molar refractivity (Wildman–Crippen MR) is 67.3 cm³/mol. The first-order chi connectivity index (χ1) is 9.47. The zero-order chi connectivity index (χ0) is 14.8. The summed E-state index contributed by atoms with van der Waals surface area (Å²) in [7, 11) is 0. The summed E-state index contributed by atoms with van der Waals surface area (Å²) in [4.78, 5) is 4.17. The summed E-state index contributed by atoms with van der Waals surface area (Å²) in [5.41, 5.74) is 0.783. The molecule has 2 rings (SSSR count). The third kappa shape index (κ3) is 2.85. The number of rotatable bonds is 5. The van der Waals surface area contributed by atoms with Crippen LogP contribution in [0.1, 0.15) is 17.0 Å². The average Bonchev–Trinajstić information content (AvgIpc) is 2.81. The fraction of sp³-hybridized carbons (Fsp3) is 0.357. The number of benzene rings is 1. The summed E-state index contributed by atoms with van der Waals surface area (Å²) in [6.07, 6.45) is 0.344. The minimum Gasteiger partial charge on any atom is -0.441 e. The van der Waals surface area contributed by atoms with Gasteiger partial charge in [0, 0.05) is 17.5 Å². The lowest BCUT2D eigenvalue weighted by atomic mass is 10.1. The summed E-state index contributed by atoms with van der Waals surface area (Å²) in [5, 5.41) is 8.87. The van der Waals surface area contributed by atoms with Gasteiger partial charge in [0.2, 0.25) is 5.89 Å². The second-order valence-corrected chi connectivity index (χ2v) is 4.42. The second-order valence-electron chi connectivity index (χ2n) is 4.42. The van der Waals surface area contributed by atoms with Crippen molar-refractivity contribution >= 4 is 0 Å². The molecule has 0 aliphatic carbocycles. The summed E-state index contributed by atoms with van der Waals surface area (Å²) in [5.74, 6) is -2.63. The van der Waals surface area contributed by atoms with Crippen LogP contribution in [0.2, 0.25) is 0 Å². The number of aliphatic hydroxyl groups is 1. The zero-order valence-corrected chi connectivity index (χ0v) is 10.9. The fourth-order valence-corrected chi connectivity index (χ4v) is 1.82. The van der Waals surface area contributed by atoms with E-state index in [-0.39, 0.29) is 12.2 Å². The van der Waals surface area contributed by atoms with E-state index < -0.39 is 12.6 Å². The van der Waals surface area contributed by atoms with E-state index in [1.165, 1.54) is 12.1 Å². The summed E-state index contributed by atoms with van der Waals surface area (Å²) < 4.78 is 44.0. The molecule has 0 aliphatic rings. The van der Waals surface area contributed by atoms with E-state index in [2.05, 4.69) is 4.98 Å². The highest BCUT2D eigenvalue weighted by Gasteiger charge is 2.31. The number of hydrogen-bond donors (Lipinski definition) is 1. The Labute approximate surface area is 114 Å². The zero-order valence-electron chi connectivity index (χ0n) is 10.9. The maximum Gasteiger partial charge on any atom is 0.301 e. The van der Waals surface area contributed by atoms with Crippen LogP contribution in [0.25, 0.3) is 11.5 Å². The third-order valence-electron chi connectivity index (χ3n) is 2.95. The molecule has 0 bridgehead atoms. The molecule has 0 aliphatic heterocycles. The quantitative estimate of drug-likeness (QED) is 0.917. The van der Waals surface area contributed by atoms with Crippen molar-refractivity contribution in [2.24, 2.45) is 0 Å². The van der Waals surface area contributed by atoms with E-state index in [1.807, 2.05) is 0 Å². The van der Waals surface area contributed by atoms with Crippen LogP contribution in [0.4, 0.5) is 13.2 Å². The van der Waals surface area contributed by atoms with Crippen molar-refractivity contribution in [2.75, 3.05) is 13.3 Å². The molecule has 0 spiro atoms. The van der Waals surface area contributed by atoms with Crippen molar-refractivity contribution in [2.45, 2.75) is 19.3 Å². The smallest absolute Gasteiger partial charge is 0.301 e. The van der Waals surface area contributed by atoms with Crippen molar-refractivity contribution in [3.63, 3.8) is 0 Å². The van der Waals surface area contributed by atoms with Gasteiger partial charge in [-0.25, -0.2) is 9.37 Å². The highest BCUT2D eigenvalue weighted by molar-refractivity contribution is 5.54. The maximum atomic E-state index is 13.1. The third-order valence-corrected chi connectivity index (χ3v) is 2.95. The Morgan fingerprint density at radius 2 is 1.90 bits per heavy atom. The lowest BCUT2D eigenvalue weighted by Crippen LogP contribution is -2.15. The van der Waals surface area contributed by atoms with E-state index in [1.54, 1.807) is 6.92 Å². The number of oxazole rings is 1. The minimum atomic E-state index is -3.48. The lowest BCUT2D eigenvalue weighted by molar-refractivity contribution is -0.0280. The van der Waals surface area contributed by atoms with Crippen molar-refractivity contribution in [1.82, 2.24) is 4.98 Å². The van der Waals surface area contributed by atoms with Gasteiger partial charge in [-0.2, -0.15) is 8.78 Å². The van der Waals surface area contributed by atoms with Crippen molar-refractivity contribution < 1.29 is 22.7 Å². The molecule has 0 unspecified atom stereocenters. The molecule has 0 saturated heterocycles. The highest BCUT2D eigenvalue weighted by Crippen LogP contribution is 2.30. The van der Waals surface area contributed by atoms with E-state index in [9.17, 15) is 13.2 Å². The molecule has 0 amide bonds. The fourth-order valence-electron chi connectivity index (χ4n) is 1.82. The van der Waals surface area contributed by atoms with E-state index in [4.69, 9.17) is 9.52 Å². The SMILES string of the molecule is Cc1nc(-c2ccc(C(F)(F)CF)cc2)oc1CCO. The molecule has 108 valence electrons. The van der Waals surface area contributed by atoms with Crippen LogP contribution < -0.4 is 0 Å². The van der Waals surface area contributed by atoms with Gasteiger partial charge in [0.05, 0.1) is 12.3 Å². The Morgan fingerprint density at radius 3 is 2.45 bits per heavy atom. The van der Waals surface area contributed by atoms with Gasteiger partial charge >= 0.3 is 5.92 Å². The molecular weight excluding hydrogens is 271 g/mol. The van der Waals surface area contributed by atoms with E-state index >= 15 is 0 Å². The Hall–Kier alpha value is -1.82. The predicted octanol–water partition coefficient (Wildman–Crippen LogP) is 3.25. The highest BCUT2D eigenvalue weighted by atomic mass is 19.3. The molecule has 1 aromatic carbocycles. The van der Waals surface area contributed by atoms with Gasteiger partial charge in [-0.1, -0.05) is 12.1 Å². The molecule has 1 N–H and O–H groups in total. The molecule has 20 heavy (non-hydrogen) atoms. The normalized spacial score (nSPS) is 11.8. The van der Waals surface area contributed by atoms with Crippen LogP contribution in [0, 0.1) is 6.92 Å². The Morgan fingerprint density at radius 1 is 1.25 bits per heavy atom. The lowest BCUT2D eigenvalue weighted by Gasteiger charge is -2.12. The topological polar surface area (TPSA) is 46.3 Å². The number of halogens is 3. The van der Waals surface area contributed by atoms with Gasteiger partial charge in [-0.05, 0) is 19.1 Å². The molecule has 0 fully saturated rings. The van der Waals surface area contributed by atoms with Gasteiger partial charge in [0.15, 0.2) is 6.67 Å². The van der Waals surface area contributed by atoms with Crippen LogP contribution in [-0.2, 0) is 12.3 Å². The Balaban J connectivity index is 2.28. The molecule has 2 aromatic rings. The average molecular weight is 285 g/mol. The van der Waals surface area contributed by atoms with E-state index in [0.717, 1.165) is 12.1 Å². The largest absolute Gasteiger partial charge is 0.441 e. The molecule has 0 saturated carbocycles. The Kier molecular flexibility index (Phi) is 4.13. The first-order valence-electron chi connectivity index (χ1n) is 6.10. The minimum absolute atomic E-state index is 0.0584. The van der Waals surface area contributed by atoms with Gasteiger partial charge in [0.1, 0.15) is 5.76 Å². The molecule has 6 heteroatoms. The van der Waals surface area contributed by atoms with Crippen LogP contribution in [0.15, 0.2) is 28.7 Å². The first kappa shape index (κ1) is 14.6. The standard InChI is InChI=1S/C14H14F3NO2/c1-9-12(6-7-19)20-13(18-9)10-2-4-11(5-3-10)14(16,17)8-15/h2-5,19H,6-8H2,1H3. The number of hydrogen-bond acceptors (Lipinski definition) is 3. The van der Waals surface area contributed by atoms with Crippen molar-refractivity contribution in [3.05, 3.63) is 41.3 Å². The van der Waals surface area contributed by atoms with Crippen LogP contribution in [0.3, 0.4) is 0 Å². The van der Waals surface area contributed by atoms with Crippen molar-refractivity contribution in [1.29, 1.82) is 0 Å². The monoisotopic (exact) mass is 285 g/mol. The number of aliphatic hydroxyl groups excluding tert-OH is 1. The Bertz CT molecular complexity index is 579. The van der Waals surface area contributed by atoms with Gasteiger partial charge in [-0.15, -0.1) is 0 Å². The van der Waals surface area contributed by atoms with Crippen LogP contribution in [0.5, 0.6) is 0 Å². The summed E-state index contributed by atoms with van der Waals surface area (Å²) in [6, 6.07) is 5.13. The van der Waals surface area contributed by atoms with E-state index in [0.29, 0.717) is 29.3 Å². The van der Waals surface area contributed by atoms with Crippen LogP contribution in [-0.4, -0.2) is 23.4 Å². The molecule has 1 heterocycles. The maximum absolute atomic E-state index is 13.1. The molecule has 3 nitrogen and oxygen atoms in total. The van der Waals surface area contributed by atoms with Gasteiger partial charge in [-0.3, -0.25) is 0 Å². The molecular formula is C14H14F3NO2. The van der Waals surface area contributed by atoms with Gasteiger partial charge < -0.3 is 9.52 Å². The summed E-state index contributed by atoms with van der Waals surface area (Å²) in [6.45, 7) is -0.0498.